The SMILES string of the molecule is Nc1c(C(=O)Nc2nnc(C(F)(F)F)s2)sc2ncccc12. The van der Waals surface area contributed by atoms with Crippen LogP contribution in [0.15, 0.2) is 18.3 Å². The van der Waals surface area contributed by atoms with Crippen molar-refractivity contribution >= 4 is 49.6 Å². The molecule has 0 bridgehead atoms. The van der Waals surface area contributed by atoms with Gasteiger partial charge in [0, 0.05) is 11.6 Å². The number of fused-ring (bicyclic) bond motifs is 1. The number of hydrogen-bond acceptors (Lipinski definition) is 7. The van der Waals surface area contributed by atoms with Gasteiger partial charge in [-0.1, -0.05) is 11.3 Å². The number of thiophene rings is 1. The summed E-state index contributed by atoms with van der Waals surface area (Å²) in [5.74, 6) is -0.648. The van der Waals surface area contributed by atoms with E-state index in [4.69, 9.17) is 5.73 Å². The molecule has 0 aliphatic carbocycles. The number of anilines is 2. The maximum absolute atomic E-state index is 12.4. The van der Waals surface area contributed by atoms with Gasteiger partial charge in [-0.2, -0.15) is 13.2 Å². The molecule has 11 heteroatoms. The predicted molar refractivity (Wildman–Crippen MR) is 76.9 cm³/mol. The number of amides is 1. The number of nitrogens with zero attached hydrogens (tertiary/aromatic N) is 3. The molecule has 0 aliphatic heterocycles. The van der Waals surface area contributed by atoms with Gasteiger partial charge in [-0.15, -0.1) is 21.5 Å². The van der Waals surface area contributed by atoms with Crippen LogP contribution in [0.25, 0.3) is 10.2 Å². The van der Waals surface area contributed by atoms with Gasteiger partial charge in [-0.3, -0.25) is 10.1 Å². The van der Waals surface area contributed by atoms with Crippen LogP contribution in [0.3, 0.4) is 0 Å². The summed E-state index contributed by atoms with van der Waals surface area (Å²) < 4.78 is 37.3. The van der Waals surface area contributed by atoms with E-state index in [9.17, 15) is 18.0 Å². The molecule has 6 nitrogen and oxygen atoms in total. The summed E-state index contributed by atoms with van der Waals surface area (Å²) in [5, 5.41) is 7.78. The Morgan fingerprint density at radius 2 is 2.05 bits per heavy atom. The van der Waals surface area contributed by atoms with E-state index in [-0.39, 0.29) is 27.0 Å². The molecular formula is C11H6F3N5OS2. The second-order valence-corrected chi connectivity index (χ2v) is 6.04. The Hall–Kier alpha value is -2.27. The lowest BCUT2D eigenvalue weighted by Gasteiger charge is -2.00. The molecular weight excluding hydrogens is 339 g/mol. The first-order chi connectivity index (χ1) is 10.4. The second kappa shape index (κ2) is 5.18. The van der Waals surface area contributed by atoms with Crippen molar-refractivity contribution in [3.05, 3.63) is 28.2 Å². The fourth-order valence-electron chi connectivity index (χ4n) is 1.66. The van der Waals surface area contributed by atoms with E-state index in [1.165, 1.54) is 0 Å². The lowest BCUT2D eigenvalue weighted by atomic mass is 10.2. The monoisotopic (exact) mass is 345 g/mol. The molecule has 0 saturated heterocycles. The van der Waals surface area contributed by atoms with Gasteiger partial charge in [-0.05, 0) is 12.1 Å². The summed E-state index contributed by atoms with van der Waals surface area (Å²) in [6.07, 6.45) is -3.04. The van der Waals surface area contributed by atoms with Crippen molar-refractivity contribution in [3.63, 3.8) is 0 Å². The summed E-state index contributed by atoms with van der Waals surface area (Å²) in [6.45, 7) is 0. The van der Waals surface area contributed by atoms with Crippen LogP contribution in [0.2, 0.25) is 0 Å². The van der Waals surface area contributed by atoms with E-state index in [1.54, 1.807) is 18.3 Å². The first kappa shape index (κ1) is 14.7. The number of carbonyl (C=O) groups excluding carboxylic acids is 1. The number of nitrogens with two attached hydrogens (primary N) is 1. The quantitative estimate of drug-likeness (QED) is 0.745. The summed E-state index contributed by atoms with van der Waals surface area (Å²) >= 11 is 1.29. The van der Waals surface area contributed by atoms with Crippen LogP contribution in [-0.4, -0.2) is 21.1 Å². The Morgan fingerprint density at radius 1 is 1.27 bits per heavy atom. The summed E-state index contributed by atoms with van der Waals surface area (Å²) in [5.41, 5.74) is 6.09. The number of aromatic nitrogens is 3. The highest BCUT2D eigenvalue weighted by Crippen LogP contribution is 2.35. The molecule has 3 N–H and O–H groups in total. The smallest absolute Gasteiger partial charge is 0.397 e. The third-order valence-corrected chi connectivity index (χ3v) is 4.61. The van der Waals surface area contributed by atoms with Gasteiger partial charge in [0.1, 0.15) is 9.71 Å². The van der Waals surface area contributed by atoms with Crippen molar-refractivity contribution in [3.8, 4) is 0 Å². The number of nitrogen functional groups attached to an aromatic ring is 1. The van der Waals surface area contributed by atoms with Crippen molar-refractivity contribution in [2.24, 2.45) is 0 Å². The highest BCUT2D eigenvalue weighted by Gasteiger charge is 2.36. The van der Waals surface area contributed by atoms with E-state index >= 15 is 0 Å². The second-order valence-electron chi connectivity index (χ2n) is 4.07. The van der Waals surface area contributed by atoms with Gasteiger partial charge in [0.15, 0.2) is 0 Å². The highest BCUT2D eigenvalue weighted by molar-refractivity contribution is 7.21. The van der Waals surface area contributed by atoms with Crippen LogP contribution < -0.4 is 11.1 Å². The Labute approximate surface area is 128 Å². The van der Waals surface area contributed by atoms with Crippen molar-refractivity contribution in [2.45, 2.75) is 6.18 Å². The lowest BCUT2D eigenvalue weighted by Crippen LogP contribution is -2.11. The number of pyridine rings is 1. The first-order valence-corrected chi connectivity index (χ1v) is 7.34. The zero-order valence-electron chi connectivity index (χ0n) is 10.5. The molecule has 0 atom stereocenters. The number of carbonyl (C=O) groups is 1. The molecule has 114 valence electrons. The molecule has 0 unspecified atom stereocenters. The molecule has 3 aromatic heterocycles. The maximum atomic E-state index is 12.4. The van der Waals surface area contributed by atoms with E-state index in [2.05, 4.69) is 20.5 Å². The molecule has 3 rings (SSSR count). The first-order valence-electron chi connectivity index (χ1n) is 5.71. The molecule has 0 aliphatic rings. The van der Waals surface area contributed by atoms with Gasteiger partial charge in [-0.25, -0.2) is 4.98 Å². The van der Waals surface area contributed by atoms with E-state index < -0.39 is 17.1 Å². The van der Waals surface area contributed by atoms with Crippen LogP contribution in [0.4, 0.5) is 24.0 Å². The van der Waals surface area contributed by atoms with Crippen LogP contribution >= 0.6 is 22.7 Å². The van der Waals surface area contributed by atoms with Gasteiger partial charge in [0.05, 0.1) is 5.69 Å². The van der Waals surface area contributed by atoms with Crippen molar-refractivity contribution in [2.75, 3.05) is 11.1 Å². The average molecular weight is 345 g/mol. The molecule has 0 aromatic carbocycles. The normalized spacial score (nSPS) is 11.8. The van der Waals surface area contributed by atoms with E-state index in [1.807, 2.05) is 0 Å². The van der Waals surface area contributed by atoms with Crippen molar-refractivity contribution in [1.82, 2.24) is 15.2 Å². The number of alkyl halides is 3. The molecule has 0 radical (unpaired) electrons. The zero-order chi connectivity index (χ0) is 15.9. The molecule has 3 aromatic rings. The molecule has 0 spiro atoms. The minimum atomic E-state index is -4.60. The fraction of sp³-hybridized carbons (Fsp3) is 0.0909. The number of nitrogens with one attached hydrogen (secondary N) is 1. The lowest BCUT2D eigenvalue weighted by molar-refractivity contribution is -0.138. The average Bonchev–Trinajstić information content (AvgIpc) is 3.04. The van der Waals surface area contributed by atoms with Crippen molar-refractivity contribution in [1.29, 1.82) is 0 Å². The van der Waals surface area contributed by atoms with Gasteiger partial charge in [0.2, 0.25) is 10.1 Å². The molecule has 3 heterocycles. The minimum absolute atomic E-state index is 0.164. The van der Waals surface area contributed by atoms with Crippen LogP contribution in [0.1, 0.15) is 14.7 Å². The molecule has 1 amide bonds. The molecule has 0 saturated carbocycles. The largest absolute Gasteiger partial charge is 0.445 e. The van der Waals surface area contributed by atoms with Gasteiger partial charge in [0.25, 0.3) is 5.91 Å². The predicted octanol–water partition coefficient (Wildman–Crippen LogP) is 3.00. The number of halogens is 3. The van der Waals surface area contributed by atoms with Crippen LogP contribution in [0.5, 0.6) is 0 Å². The third-order valence-electron chi connectivity index (χ3n) is 2.60. The maximum Gasteiger partial charge on any atom is 0.445 e. The minimum Gasteiger partial charge on any atom is -0.397 e. The Morgan fingerprint density at radius 3 is 2.68 bits per heavy atom. The summed E-state index contributed by atoms with van der Waals surface area (Å²) in [6, 6.07) is 3.38. The summed E-state index contributed by atoms with van der Waals surface area (Å²) in [4.78, 5) is 16.9. The fourth-order valence-corrected chi connectivity index (χ4v) is 3.23. The number of rotatable bonds is 2. The topological polar surface area (TPSA) is 93.8 Å². The Balaban J connectivity index is 1.87. The van der Waals surface area contributed by atoms with Crippen LogP contribution in [0, 0.1) is 0 Å². The van der Waals surface area contributed by atoms with E-state index in [0.29, 0.717) is 10.2 Å². The summed E-state index contributed by atoms with van der Waals surface area (Å²) in [7, 11) is 0. The van der Waals surface area contributed by atoms with E-state index in [0.717, 1.165) is 11.3 Å². The standard InChI is InChI=1S/C11H6F3N5OS2/c12-11(13,14)9-18-19-10(22-9)17-7(20)6-5(15)4-2-1-3-16-8(4)21-6/h1-3H,15H2,(H,17,19,20). The molecule has 0 fully saturated rings. The van der Waals surface area contributed by atoms with Crippen LogP contribution in [-0.2, 0) is 6.18 Å². The van der Waals surface area contributed by atoms with Gasteiger partial charge >= 0.3 is 6.18 Å². The zero-order valence-corrected chi connectivity index (χ0v) is 12.1. The highest BCUT2D eigenvalue weighted by atomic mass is 32.1. The van der Waals surface area contributed by atoms with Crippen molar-refractivity contribution < 1.29 is 18.0 Å². The Bertz CT molecular complexity index is 857. The third kappa shape index (κ3) is 2.60. The molecule has 22 heavy (non-hydrogen) atoms. The Kier molecular flexibility index (Phi) is 3.45. The number of hydrogen-bond donors (Lipinski definition) is 2. The van der Waals surface area contributed by atoms with Gasteiger partial charge < -0.3 is 5.73 Å².